The van der Waals surface area contributed by atoms with E-state index in [1.165, 1.54) is 13.8 Å². The number of aliphatic carboxylic acids is 1. The lowest BCUT2D eigenvalue weighted by molar-refractivity contribution is -0.216. The molecule has 6 nitrogen and oxygen atoms in total. The van der Waals surface area contributed by atoms with Gasteiger partial charge in [-0.15, -0.1) is 0 Å². The summed E-state index contributed by atoms with van der Waals surface area (Å²) in [4.78, 5) is 45.3. The first kappa shape index (κ1) is 22.6. The molecule has 1 atom stereocenters. The number of hydrogen-bond donors (Lipinski definition) is 1. The first-order valence-corrected chi connectivity index (χ1v) is 10.5. The maximum atomic E-state index is 12.1. The Labute approximate surface area is 185 Å². The average Bonchev–Trinajstić information content (AvgIpc) is 2.97. The third-order valence-corrected chi connectivity index (χ3v) is 7.03. The summed E-state index contributed by atoms with van der Waals surface area (Å²) in [7, 11) is 0. The zero-order valence-corrected chi connectivity index (χ0v) is 18.8. The van der Waals surface area contributed by atoms with Gasteiger partial charge < -0.3 is 5.11 Å². The summed E-state index contributed by atoms with van der Waals surface area (Å²) in [5.41, 5.74) is 1.02. The minimum Gasteiger partial charge on any atom is -0.481 e. The molecule has 1 aromatic carbocycles. The number of carbonyl (C=O) groups is 3. The standard InChI is InChI=1S/C22H24Cl2O6/c1-11(2)22-6-5-13(25)8-14(22)17-12(9-22)7-15(18(23)19(17)24)29-30-16(26)10-21(3,4)20(27)28/h7-8,11H,5-6,9-10H2,1-4H3,(H,27,28). The van der Waals surface area contributed by atoms with Crippen LogP contribution in [0.15, 0.2) is 12.1 Å². The number of benzene rings is 1. The normalized spacial score (nSPS) is 20.5. The number of carboxylic acids is 1. The molecule has 0 bridgehead atoms. The Balaban J connectivity index is 1.89. The van der Waals surface area contributed by atoms with Gasteiger partial charge in [0.2, 0.25) is 0 Å². The van der Waals surface area contributed by atoms with Crippen molar-refractivity contribution in [2.24, 2.45) is 16.7 Å². The van der Waals surface area contributed by atoms with Crippen molar-refractivity contribution in [1.82, 2.24) is 0 Å². The molecule has 0 aliphatic heterocycles. The first-order valence-electron chi connectivity index (χ1n) is 9.76. The maximum Gasteiger partial charge on any atom is 0.356 e. The second-order valence-electron chi connectivity index (χ2n) is 8.95. The zero-order chi connectivity index (χ0) is 22.4. The van der Waals surface area contributed by atoms with Crippen LogP contribution in [0.3, 0.4) is 0 Å². The van der Waals surface area contributed by atoms with E-state index in [2.05, 4.69) is 13.8 Å². The van der Waals surface area contributed by atoms with Gasteiger partial charge in [0, 0.05) is 17.4 Å². The Hall–Kier alpha value is -2.05. The zero-order valence-electron chi connectivity index (χ0n) is 17.3. The highest BCUT2D eigenvalue weighted by atomic mass is 35.5. The van der Waals surface area contributed by atoms with Crippen molar-refractivity contribution in [3.63, 3.8) is 0 Å². The fourth-order valence-electron chi connectivity index (χ4n) is 4.21. The molecule has 0 amide bonds. The van der Waals surface area contributed by atoms with Crippen molar-refractivity contribution in [3.8, 4) is 5.75 Å². The van der Waals surface area contributed by atoms with Crippen LogP contribution >= 0.6 is 23.2 Å². The molecule has 2 aliphatic rings. The van der Waals surface area contributed by atoms with E-state index in [0.29, 0.717) is 12.8 Å². The molecule has 3 rings (SSSR count). The van der Waals surface area contributed by atoms with Crippen LogP contribution in [0.1, 0.15) is 58.1 Å². The molecule has 1 N–H and O–H groups in total. The number of carboxylic acid groups (broad SMARTS) is 1. The number of carbonyl (C=O) groups excluding carboxylic acids is 2. The summed E-state index contributed by atoms with van der Waals surface area (Å²) in [5.74, 6) is -1.54. The Bertz CT molecular complexity index is 963. The van der Waals surface area contributed by atoms with E-state index in [-0.39, 0.29) is 39.3 Å². The highest BCUT2D eigenvalue weighted by Gasteiger charge is 2.48. The molecule has 0 radical (unpaired) electrons. The van der Waals surface area contributed by atoms with E-state index in [1.54, 1.807) is 12.1 Å². The fraction of sp³-hybridized carbons (Fsp3) is 0.500. The van der Waals surface area contributed by atoms with Crippen molar-refractivity contribution in [1.29, 1.82) is 0 Å². The van der Waals surface area contributed by atoms with E-state index < -0.39 is 17.4 Å². The van der Waals surface area contributed by atoms with Gasteiger partial charge in [0.05, 0.1) is 16.9 Å². The van der Waals surface area contributed by atoms with Crippen LogP contribution in [0.5, 0.6) is 5.75 Å². The van der Waals surface area contributed by atoms with E-state index >= 15 is 0 Å². The number of hydrogen-bond acceptors (Lipinski definition) is 5. The molecule has 1 unspecified atom stereocenters. The predicted octanol–water partition coefficient (Wildman–Crippen LogP) is 5.28. The van der Waals surface area contributed by atoms with Crippen molar-refractivity contribution >= 4 is 46.5 Å². The van der Waals surface area contributed by atoms with E-state index in [1.807, 2.05) is 0 Å². The van der Waals surface area contributed by atoms with Gasteiger partial charge in [0.15, 0.2) is 11.5 Å². The topological polar surface area (TPSA) is 89.9 Å². The number of fused-ring (bicyclic) bond motifs is 3. The summed E-state index contributed by atoms with van der Waals surface area (Å²) < 4.78 is 0. The monoisotopic (exact) mass is 454 g/mol. The van der Waals surface area contributed by atoms with Gasteiger partial charge in [-0.1, -0.05) is 37.0 Å². The Kier molecular flexibility index (Phi) is 5.95. The summed E-state index contributed by atoms with van der Waals surface area (Å²) in [6, 6.07) is 1.67. The van der Waals surface area contributed by atoms with Crippen LogP contribution in [-0.4, -0.2) is 22.8 Å². The quantitative estimate of drug-likeness (QED) is 0.464. The maximum absolute atomic E-state index is 12.1. The van der Waals surface area contributed by atoms with Crippen LogP contribution in [-0.2, 0) is 25.7 Å². The van der Waals surface area contributed by atoms with E-state index in [0.717, 1.165) is 23.1 Å². The van der Waals surface area contributed by atoms with Gasteiger partial charge in [-0.3, -0.25) is 19.4 Å². The molecular weight excluding hydrogens is 431 g/mol. The molecule has 30 heavy (non-hydrogen) atoms. The SMILES string of the molecule is CC(C)C12CCC(=O)C=C1c1c(cc(OOC(=O)CC(C)(C)C(=O)O)c(Cl)c1Cl)C2. The predicted molar refractivity (Wildman–Crippen MR) is 112 cm³/mol. The summed E-state index contributed by atoms with van der Waals surface area (Å²) in [5, 5.41) is 9.45. The van der Waals surface area contributed by atoms with Crippen molar-refractivity contribution < 1.29 is 29.3 Å². The number of ketones is 1. The van der Waals surface area contributed by atoms with E-state index in [9.17, 15) is 14.4 Å². The third kappa shape index (κ3) is 3.83. The minimum atomic E-state index is -1.29. The molecule has 0 fully saturated rings. The first-order chi connectivity index (χ1) is 13.9. The number of rotatable bonds is 6. The lowest BCUT2D eigenvalue weighted by atomic mass is 9.66. The Morgan fingerprint density at radius 2 is 1.93 bits per heavy atom. The Morgan fingerprint density at radius 3 is 2.53 bits per heavy atom. The fourth-order valence-corrected chi connectivity index (χ4v) is 4.70. The molecule has 2 aliphatic carbocycles. The van der Waals surface area contributed by atoms with Crippen molar-refractivity contribution in [2.75, 3.05) is 0 Å². The average molecular weight is 455 g/mol. The van der Waals surface area contributed by atoms with Crippen molar-refractivity contribution in [2.45, 2.75) is 53.4 Å². The highest BCUT2D eigenvalue weighted by Crippen LogP contribution is 2.59. The molecule has 1 aromatic rings. The van der Waals surface area contributed by atoms with Crippen LogP contribution < -0.4 is 4.89 Å². The lowest BCUT2D eigenvalue weighted by Crippen LogP contribution is -2.31. The molecule has 0 saturated carbocycles. The molecule has 8 heteroatoms. The molecule has 0 aromatic heterocycles. The summed E-state index contributed by atoms with van der Waals surface area (Å²) in [6.07, 6.45) is 3.19. The molecule has 0 saturated heterocycles. The van der Waals surface area contributed by atoms with Gasteiger partial charge in [0.25, 0.3) is 0 Å². The van der Waals surface area contributed by atoms with Gasteiger partial charge in [-0.25, -0.2) is 4.79 Å². The molecular formula is C22H24Cl2O6. The largest absolute Gasteiger partial charge is 0.481 e. The number of allylic oxidation sites excluding steroid dienone is 2. The molecule has 0 spiro atoms. The van der Waals surface area contributed by atoms with E-state index in [4.69, 9.17) is 38.1 Å². The van der Waals surface area contributed by atoms with Gasteiger partial charge in [-0.2, -0.15) is 0 Å². The molecule has 0 heterocycles. The molecule has 162 valence electrons. The second kappa shape index (κ2) is 7.89. The van der Waals surface area contributed by atoms with Crippen LogP contribution in [0.4, 0.5) is 0 Å². The number of halogens is 2. The minimum absolute atomic E-state index is 0.0663. The summed E-state index contributed by atoms with van der Waals surface area (Å²) >= 11 is 12.9. The van der Waals surface area contributed by atoms with Crippen LogP contribution in [0, 0.1) is 16.7 Å². The lowest BCUT2D eigenvalue weighted by Gasteiger charge is -2.37. The smallest absolute Gasteiger partial charge is 0.356 e. The van der Waals surface area contributed by atoms with Crippen LogP contribution in [0.25, 0.3) is 5.57 Å². The Morgan fingerprint density at radius 1 is 1.27 bits per heavy atom. The van der Waals surface area contributed by atoms with Gasteiger partial charge in [0.1, 0.15) is 5.02 Å². The van der Waals surface area contributed by atoms with Gasteiger partial charge in [-0.05, 0) is 55.9 Å². The van der Waals surface area contributed by atoms with Crippen molar-refractivity contribution in [3.05, 3.63) is 33.3 Å². The summed E-state index contributed by atoms with van der Waals surface area (Å²) in [6.45, 7) is 7.07. The highest BCUT2D eigenvalue weighted by molar-refractivity contribution is 6.44. The second-order valence-corrected chi connectivity index (χ2v) is 9.71. The third-order valence-electron chi connectivity index (χ3n) is 6.18. The van der Waals surface area contributed by atoms with Gasteiger partial charge >= 0.3 is 11.9 Å². The van der Waals surface area contributed by atoms with Crippen LogP contribution in [0.2, 0.25) is 10.0 Å².